The molecule has 1 unspecified atom stereocenters. The second kappa shape index (κ2) is 8.17. The van der Waals surface area contributed by atoms with Crippen LogP contribution in [0.15, 0.2) is 42.6 Å². The molecule has 28 heavy (non-hydrogen) atoms. The first-order valence-corrected chi connectivity index (χ1v) is 9.13. The van der Waals surface area contributed by atoms with E-state index < -0.39 is 17.9 Å². The number of aliphatic carboxylic acids is 1. The maximum absolute atomic E-state index is 12.3. The number of ether oxygens (including phenoxy) is 1. The summed E-state index contributed by atoms with van der Waals surface area (Å²) in [5, 5.41) is 13.1. The van der Waals surface area contributed by atoms with E-state index in [-0.39, 0.29) is 13.0 Å². The van der Waals surface area contributed by atoms with Crippen LogP contribution >= 0.6 is 0 Å². The molecule has 0 fully saturated rings. The molecule has 0 radical (unpaired) electrons. The molecule has 0 bridgehead atoms. The lowest BCUT2D eigenvalue weighted by Crippen LogP contribution is -2.44. The van der Waals surface area contributed by atoms with Crippen LogP contribution in [0.2, 0.25) is 0 Å². The van der Waals surface area contributed by atoms with E-state index in [1.165, 1.54) is 0 Å². The maximum atomic E-state index is 12.3. The predicted octanol–water partition coefficient (Wildman–Crippen LogP) is 3.28. The van der Waals surface area contributed by atoms with Crippen molar-refractivity contribution in [3.05, 3.63) is 64.8 Å². The number of aromatic amines is 1. The Kier molecular flexibility index (Phi) is 5.68. The number of nitrogens with one attached hydrogen (secondary N) is 2. The third-order valence-electron chi connectivity index (χ3n) is 4.95. The number of carboxylic acids is 1. The highest BCUT2D eigenvalue weighted by Crippen LogP contribution is 2.25. The smallest absolute Gasteiger partial charge is 0.326 e. The summed E-state index contributed by atoms with van der Waals surface area (Å²) in [6.07, 6.45) is 1.97. The summed E-state index contributed by atoms with van der Waals surface area (Å²) < 4.78 is 5.69. The number of carboxylic acid groups (broad SMARTS) is 1. The number of hydrogen-bond acceptors (Lipinski definition) is 3. The normalized spacial score (nSPS) is 12.0. The van der Waals surface area contributed by atoms with Gasteiger partial charge >= 0.3 is 5.97 Å². The number of para-hydroxylation sites is 1. The number of carbonyl (C=O) groups is 2. The number of amides is 1. The zero-order chi connectivity index (χ0) is 20.3. The molecule has 1 atom stereocenters. The molecule has 0 aliphatic carbocycles. The zero-order valence-electron chi connectivity index (χ0n) is 16.2. The van der Waals surface area contributed by atoms with E-state index in [2.05, 4.69) is 10.3 Å². The minimum Gasteiger partial charge on any atom is -0.483 e. The monoisotopic (exact) mass is 380 g/mol. The number of carbonyl (C=O) groups excluding carboxylic acids is 1. The summed E-state index contributed by atoms with van der Waals surface area (Å²) >= 11 is 0. The van der Waals surface area contributed by atoms with Crippen molar-refractivity contribution in [2.75, 3.05) is 6.61 Å². The summed E-state index contributed by atoms with van der Waals surface area (Å²) in [4.78, 5) is 27.1. The van der Waals surface area contributed by atoms with Gasteiger partial charge in [-0.3, -0.25) is 4.79 Å². The highest BCUT2D eigenvalue weighted by molar-refractivity contribution is 5.87. The minimum absolute atomic E-state index is 0.188. The Balaban J connectivity index is 1.67. The van der Waals surface area contributed by atoms with Gasteiger partial charge in [0.15, 0.2) is 6.61 Å². The van der Waals surface area contributed by atoms with Gasteiger partial charge in [-0.2, -0.15) is 0 Å². The van der Waals surface area contributed by atoms with Crippen molar-refractivity contribution >= 4 is 22.8 Å². The van der Waals surface area contributed by atoms with Crippen LogP contribution < -0.4 is 10.1 Å². The predicted molar refractivity (Wildman–Crippen MR) is 108 cm³/mol. The number of aromatic nitrogens is 1. The molecule has 6 nitrogen and oxygen atoms in total. The molecule has 6 heteroatoms. The molecule has 146 valence electrons. The number of benzene rings is 2. The van der Waals surface area contributed by atoms with Crippen molar-refractivity contribution in [3.8, 4) is 5.75 Å². The fourth-order valence-corrected chi connectivity index (χ4v) is 3.24. The van der Waals surface area contributed by atoms with Crippen molar-refractivity contribution in [2.45, 2.75) is 33.2 Å². The molecule has 3 aromatic rings. The first-order valence-electron chi connectivity index (χ1n) is 9.13. The highest BCUT2D eigenvalue weighted by atomic mass is 16.5. The number of fused-ring (bicyclic) bond motifs is 1. The lowest BCUT2D eigenvalue weighted by molar-refractivity contribution is -0.142. The van der Waals surface area contributed by atoms with E-state index in [9.17, 15) is 14.7 Å². The Bertz CT molecular complexity index is 1020. The molecular formula is C22H24N2O4. The third-order valence-corrected chi connectivity index (χ3v) is 4.95. The minimum atomic E-state index is -1.08. The Hall–Kier alpha value is -3.28. The van der Waals surface area contributed by atoms with Gasteiger partial charge in [0.2, 0.25) is 0 Å². The molecular weight excluding hydrogens is 356 g/mol. The molecule has 0 aliphatic rings. The average molecular weight is 380 g/mol. The van der Waals surface area contributed by atoms with Crippen LogP contribution in [-0.2, 0) is 16.0 Å². The quantitative estimate of drug-likeness (QED) is 0.587. The molecule has 0 spiro atoms. The fourth-order valence-electron chi connectivity index (χ4n) is 3.24. The van der Waals surface area contributed by atoms with Gasteiger partial charge in [-0.15, -0.1) is 0 Å². The summed E-state index contributed by atoms with van der Waals surface area (Å²) in [6, 6.07) is 10.6. The fraction of sp³-hybridized carbons (Fsp3) is 0.273. The molecule has 1 aromatic heterocycles. The molecule has 0 saturated heterocycles. The van der Waals surface area contributed by atoms with E-state index in [0.29, 0.717) is 5.75 Å². The SMILES string of the molecule is Cc1ccc(C)c(OCC(=O)NC(Cc2c[nH]c3ccccc23)C(=O)O)c1C. The maximum Gasteiger partial charge on any atom is 0.326 e. The van der Waals surface area contributed by atoms with E-state index in [1.807, 2.05) is 57.2 Å². The van der Waals surface area contributed by atoms with Crippen LogP contribution in [0, 0.1) is 20.8 Å². The van der Waals surface area contributed by atoms with Crippen molar-refractivity contribution in [1.82, 2.24) is 10.3 Å². The lowest BCUT2D eigenvalue weighted by Gasteiger charge is -2.17. The Labute approximate surface area is 163 Å². The van der Waals surface area contributed by atoms with E-state index >= 15 is 0 Å². The average Bonchev–Trinajstić information content (AvgIpc) is 3.07. The first-order chi connectivity index (χ1) is 13.4. The molecule has 3 rings (SSSR count). The van der Waals surface area contributed by atoms with Gasteiger partial charge in [0.25, 0.3) is 5.91 Å². The van der Waals surface area contributed by atoms with Gasteiger partial charge in [0.05, 0.1) is 0 Å². The van der Waals surface area contributed by atoms with E-state index in [4.69, 9.17) is 4.74 Å². The van der Waals surface area contributed by atoms with Crippen LogP contribution in [0.5, 0.6) is 5.75 Å². The van der Waals surface area contributed by atoms with Gasteiger partial charge in [-0.1, -0.05) is 30.3 Å². The molecule has 2 aromatic carbocycles. The van der Waals surface area contributed by atoms with Crippen LogP contribution in [-0.4, -0.2) is 34.6 Å². The standard InChI is InChI=1S/C22H24N2O4/c1-13-8-9-14(2)21(15(13)3)28-12-20(25)24-19(22(26)27)10-16-11-23-18-7-5-4-6-17(16)18/h4-9,11,19,23H,10,12H2,1-3H3,(H,24,25)(H,26,27). The summed E-state index contributed by atoms with van der Waals surface area (Å²) in [5.41, 5.74) is 4.76. The van der Waals surface area contributed by atoms with Crippen molar-refractivity contribution < 1.29 is 19.4 Å². The van der Waals surface area contributed by atoms with Crippen LogP contribution in [0.1, 0.15) is 22.3 Å². The molecule has 1 heterocycles. The Morgan fingerprint density at radius 3 is 2.57 bits per heavy atom. The number of aryl methyl sites for hydroxylation is 2. The van der Waals surface area contributed by atoms with Crippen LogP contribution in [0.25, 0.3) is 10.9 Å². The Morgan fingerprint density at radius 2 is 1.82 bits per heavy atom. The summed E-state index contributed by atoms with van der Waals surface area (Å²) in [7, 11) is 0. The molecule has 0 saturated carbocycles. The second-order valence-corrected chi connectivity index (χ2v) is 6.96. The third kappa shape index (κ3) is 4.17. The van der Waals surface area contributed by atoms with Gasteiger partial charge in [-0.25, -0.2) is 4.79 Å². The van der Waals surface area contributed by atoms with Gasteiger partial charge < -0.3 is 20.1 Å². The largest absolute Gasteiger partial charge is 0.483 e. The summed E-state index contributed by atoms with van der Waals surface area (Å²) in [5.74, 6) is -0.882. The van der Waals surface area contributed by atoms with E-state index in [1.54, 1.807) is 6.20 Å². The number of hydrogen-bond donors (Lipinski definition) is 3. The highest BCUT2D eigenvalue weighted by Gasteiger charge is 2.22. The topological polar surface area (TPSA) is 91.4 Å². The zero-order valence-corrected chi connectivity index (χ0v) is 16.2. The van der Waals surface area contributed by atoms with Crippen molar-refractivity contribution in [2.24, 2.45) is 0 Å². The summed E-state index contributed by atoms with van der Waals surface area (Å²) in [6.45, 7) is 5.59. The second-order valence-electron chi connectivity index (χ2n) is 6.96. The van der Waals surface area contributed by atoms with Gasteiger partial charge in [0.1, 0.15) is 11.8 Å². The molecule has 3 N–H and O–H groups in total. The van der Waals surface area contributed by atoms with Crippen LogP contribution in [0.4, 0.5) is 0 Å². The van der Waals surface area contributed by atoms with Crippen LogP contribution in [0.3, 0.4) is 0 Å². The first kappa shape index (κ1) is 19.5. The number of H-pyrrole nitrogens is 1. The van der Waals surface area contributed by atoms with E-state index in [0.717, 1.165) is 33.2 Å². The Morgan fingerprint density at radius 1 is 1.11 bits per heavy atom. The molecule has 1 amide bonds. The number of rotatable bonds is 7. The van der Waals surface area contributed by atoms with Crippen molar-refractivity contribution in [3.63, 3.8) is 0 Å². The van der Waals surface area contributed by atoms with Gasteiger partial charge in [-0.05, 0) is 49.1 Å². The lowest BCUT2D eigenvalue weighted by atomic mass is 10.0. The van der Waals surface area contributed by atoms with Crippen molar-refractivity contribution in [1.29, 1.82) is 0 Å². The van der Waals surface area contributed by atoms with Gasteiger partial charge in [0, 0.05) is 23.5 Å². The molecule has 0 aliphatic heterocycles.